The van der Waals surface area contributed by atoms with E-state index in [2.05, 4.69) is 10.3 Å². The van der Waals surface area contributed by atoms with E-state index in [1.807, 2.05) is 24.6 Å². The van der Waals surface area contributed by atoms with Gasteiger partial charge in [0, 0.05) is 36.7 Å². The van der Waals surface area contributed by atoms with Gasteiger partial charge in [-0.05, 0) is 38.5 Å². The molecule has 0 saturated heterocycles. The van der Waals surface area contributed by atoms with Crippen LogP contribution < -0.4 is 5.32 Å². The molecule has 0 bridgehead atoms. The van der Waals surface area contributed by atoms with E-state index >= 15 is 0 Å². The average Bonchev–Trinajstić information content (AvgIpc) is 2.73. The fraction of sp³-hybridized carbons (Fsp3) is 0.400. The number of anilines is 2. The van der Waals surface area contributed by atoms with Crippen LogP contribution in [0.2, 0.25) is 5.02 Å². The van der Waals surface area contributed by atoms with Crippen molar-refractivity contribution in [3.05, 3.63) is 40.9 Å². The van der Waals surface area contributed by atoms with Gasteiger partial charge in [0.15, 0.2) is 0 Å². The van der Waals surface area contributed by atoms with Gasteiger partial charge in [0.05, 0.1) is 5.69 Å². The van der Waals surface area contributed by atoms with E-state index < -0.39 is 0 Å². The largest absolute Gasteiger partial charge is 0.382 e. The number of halogens is 2. The summed E-state index contributed by atoms with van der Waals surface area (Å²) in [5.41, 5.74) is 1.48. The monoisotopic (exact) mass is 311 g/mol. The van der Waals surface area contributed by atoms with Gasteiger partial charge in [-0.2, -0.15) is 0 Å². The van der Waals surface area contributed by atoms with Gasteiger partial charge in [-0.1, -0.05) is 11.6 Å². The van der Waals surface area contributed by atoms with Crippen LogP contribution in [0.15, 0.2) is 24.4 Å². The van der Waals surface area contributed by atoms with E-state index in [9.17, 15) is 4.39 Å². The van der Waals surface area contributed by atoms with Crippen LogP contribution in [-0.4, -0.2) is 22.8 Å². The van der Waals surface area contributed by atoms with Gasteiger partial charge in [-0.15, -0.1) is 0 Å². The molecule has 0 saturated carbocycles. The molecule has 0 aliphatic rings. The molecule has 0 radical (unpaired) electrons. The molecule has 114 valence electrons. The maximum Gasteiger partial charge on any atom is 0.207 e. The van der Waals surface area contributed by atoms with Crippen LogP contribution in [0.25, 0.3) is 0 Å². The molecule has 0 amide bonds. The maximum absolute atomic E-state index is 13.4. The van der Waals surface area contributed by atoms with E-state index in [-0.39, 0.29) is 5.82 Å². The van der Waals surface area contributed by atoms with Crippen LogP contribution in [0.4, 0.5) is 16.0 Å². The van der Waals surface area contributed by atoms with Crippen molar-refractivity contribution in [1.82, 2.24) is 9.55 Å². The minimum absolute atomic E-state index is 0.351. The first-order valence-corrected chi connectivity index (χ1v) is 7.31. The SMILES string of the molecule is CCOCCCn1cc(C)nc1Nc1cc(F)cc(Cl)c1. The Kier molecular flexibility index (Phi) is 5.59. The number of aromatic nitrogens is 2. The van der Waals surface area contributed by atoms with Crippen LogP contribution in [0.1, 0.15) is 19.0 Å². The lowest BCUT2D eigenvalue weighted by atomic mass is 10.3. The van der Waals surface area contributed by atoms with Crippen LogP contribution in [0, 0.1) is 12.7 Å². The smallest absolute Gasteiger partial charge is 0.207 e. The number of aryl methyl sites for hydroxylation is 2. The first-order chi connectivity index (χ1) is 10.1. The van der Waals surface area contributed by atoms with Crippen LogP contribution in [0.5, 0.6) is 0 Å². The summed E-state index contributed by atoms with van der Waals surface area (Å²) in [6, 6.07) is 4.33. The van der Waals surface area contributed by atoms with Crippen molar-refractivity contribution in [2.75, 3.05) is 18.5 Å². The van der Waals surface area contributed by atoms with Crippen molar-refractivity contribution < 1.29 is 9.13 Å². The highest BCUT2D eigenvalue weighted by atomic mass is 35.5. The zero-order chi connectivity index (χ0) is 15.2. The minimum atomic E-state index is -0.379. The molecule has 21 heavy (non-hydrogen) atoms. The Morgan fingerprint density at radius 1 is 1.38 bits per heavy atom. The predicted octanol–water partition coefficient (Wildman–Crippen LogP) is 4.15. The Bertz CT molecular complexity index is 580. The Morgan fingerprint density at radius 2 is 2.19 bits per heavy atom. The Labute approximate surface area is 128 Å². The number of benzene rings is 1. The van der Waals surface area contributed by atoms with E-state index in [0.717, 1.165) is 25.3 Å². The third kappa shape index (κ3) is 4.72. The minimum Gasteiger partial charge on any atom is -0.382 e. The molecule has 6 heteroatoms. The highest BCUT2D eigenvalue weighted by molar-refractivity contribution is 6.30. The van der Waals surface area contributed by atoms with Crippen molar-refractivity contribution in [3.63, 3.8) is 0 Å². The zero-order valence-electron chi connectivity index (χ0n) is 12.2. The number of imidazole rings is 1. The second-order valence-electron chi connectivity index (χ2n) is 4.73. The summed E-state index contributed by atoms with van der Waals surface area (Å²) in [5, 5.41) is 3.45. The number of ether oxygens (including phenoxy) is 1. The standard InChI is InChI=1S/C15H19ClFN3O/c1-3-21-6-4-5-20-10-11(2)18-15(20)19-14-8-12(16)7-13(17)9-14/h7-10H,3-6H2,1-2H3,(H,18,19). The van der Waals surface area contributed by atoms with Crippen LogP contribution in [-0.2, 0) is 11.3 Å². The molecule has 1 heterocycles. The molecule has 4 nitrogen and oxygen atoms in total. The van der Waals surface area contributed by atoms with Gasteiger partial charge in [-0.25, -0.2) is 9.37 Å². The number of rotatable bonds is 7. The summed E-state index contributed by atoms with van der Waals surface area (Å²) in [6.07, 6.45) is 2.84. The summed E-state index contributed by atoms with van der Waals surface area (Å²) in [6.45, 7) is 6.10. The Morgan fingerprint density at radius 3 is 2.90 bits per heavy atom. The van der Waals surface area contributed by atoms with Gasteiger partial charge in [-0.3, -0.25) is 0 Å². The number of nitrogens with zero attached hydrogens (tertiary/aromatic N) is 2. The van der Waals surface area contributed by atoms with E-state index in [0.29, 0.717) is 23.3 Å². The third-order valence-corrected chi connectivity index (χ3v) is 3.13. The highest BCUT2D eigenvalue weighted by Gasteiger charge is 2.07. The predicted molar refractivity (Wildman–Crippen MR) is 82.8 cm³/mol. The fourth-order valence-corrected chi connectivity index (χ4v) is 2.28. The first-order valence-electron chi connectivity index (χ1n) is 6.93. The molecule has 0 fully saturated rings. The van der Waals surface area contributed by atoms with Crippen molar-refractivity contribution in [2.45, 2.75) is 26.8 Å². The number of hydrogen-bond donors (Lipinski definition) is 1. The topological polar surface area (TPSA) is 39.1 Å². The fourth-order valence-electron chi connectivity index (χ4n) is 2.05. The second kappa shape index (κ2) is 7.43. The zero-order valence-corrected chi connectivity index (χ0v) is 13.0. The molecule has 1 aromatic heterocycles. The quantitative estimate of drug-likeness (QED) is 0.781. The molecule has 1 aromatic carbocycles. The van der Waals surface area contributed by atoms with E-state index in [4.69, 9.17) is 16.3 Å². The molecule has 1 N–H and O–H groups in total. The maximum atomic E-state index is 13.4. The molecule has 0 aliphatic carbocycles. The Hall–Kier alpha value is -1.59. The summed E-state index contributed by atoms with van der Waals surface area (Å²) in [5.74, 6) is 0.293. The molecular formula is C15H19ClFN3O. The van der Waals surface area contributed by atoms with Crippen molar-refractivity contribution in [3.8, 4) is 0 Å². The molecule has 2 aromatic rings. The van der Waals surface area contributed by atoms with Gasteiger partial charge in [0.25, 0.3) is 0 Å². The molecule has 0 unspecified atom stereocenters. The van der Waals surface area contributed by atoms with E-state index in [1.165, 1.54) is 12.1 Å². The summed E-state index contributed by atoms with van der Waals surface area (Å²) >= 11 is 5.86. The lowest BCUT2D eigenvalue weighted by Gasteiger charge is -2.10. The Balaban J connectivity index is 2.08. The molecule has 0 aliphatic heterocycles. The van der Waals surface area contributed by atoms with Crippen molar-refractivity contribution in [1.29, 1.82) is 0 Å². The summed E-state index contributed by atoms with van der Waals surface area (Å²) in [7, 11) is 0. The van der Waals surface area contributed by atoms with Crippen molar-refractivity contribution in [2.24, 2.45) is 0 Å². The molecule has 2 rings (SSSR count). The number of hydrogen-bond acceptors (Lipinski definition) is 3. The average molecular weight is 312 g/mol. The van der Waals surface area contributed by atoms with Gasteiger partial charge < -0.3 is 14.6 Å². The molecule has 0 atom stereocenters. The normalized spacial score (nSPS) is 10.9. The van der Waals surface area contributed by atoms with Gasteiger partial charge in [0.2, 0.25) is 5.95 Å². The van der Waals surface area contributed by atoms with Crippen LogP contribution in [0.3, 0.4) is 0 Å². The molecule has 0 spiro atoms. The third-order valence-electron chi connectivity index (χ3n) is 2.91. The van der Waals surface area contributed by atoms with E-state index in [1.54, 1.807) is 6.07 Å². The lowest BCUT2D eigenvalue weighted by Crippen LogP contribution is -2.06. The van der Waals surface area contributed by atoms with Gasteiger partial charge >= 0.3 is 0 Å². The second-order valence-corrected chi connectivity index (χ2v) is 5.17. The van der Waals surface area contributed by atoms with Gasteiger partial charge in [0.1, 0.15) is 5.82 Å². The molecular weight excluding hydrogens is 293 g/mol. The summed E-state index contributed by atoms with van der Waals surface area (Å²) in [4.78, 5) is 4.41. The summed E-state index contributed by atoms with van der Waals surface area (Å²) < 4.78 is 20.7. The lowest BCUT2D eigenvalue weighted by molar-refractivity contribution is 0.142. The number of nitrogens with one attached hydrogen (secondary N) is 1. The van der Waals surface area contributed by atoms with Crippen molar-refractivity contribution >= 4 is 23.2 Å². The first kappa shape index (κ1) is 15.8. The highest BCUT2D eigenvalue weighted by Crippen LogP contribution is 2.22. The van der Waals surface area contributed by atoms with Crippen LogP contribution >= 0.6 is 11.6 Å².